The van der Waals surface area contributed by atoms with Gasteiger partial charge in [0.1, 0.15) is 11.5 Å². The summed E-state index contributed by atoms with van der Waals surface area (Å²) in [4.78, 5) is 30.1. The Bertz CT molecular complexity index is 955. The molecule has 0 radical (unpaired) electrons. The van der Waals surface area contributed by atoms with Crippen LogP contribution in [0.25, 0.3) is 5.57 Å². The fourth-order valence-corrected chi connectivity index (χ4v) is 4.05. The van der Waals surface area contributed by atoms with Crippen LogP contribution < -0.4 is 4.90 Å². The van der Waals surface area contributed by atoms with E-state index >= 15 is 0 Å². The third-order valence-corrected chi connectivity index (χ3v) is 5.68. The highest BCUT2D eigenvalue weighted by Crippen LogP contribution is 2.36. The molecule has 2 heterocycles. The number of benzene rings is 2. The van der Waals surface area contributed by atoms with Crippen LogP contribution in [0.4, 0.5) is 10.1 Å². The first-order valence-corrected chi connectivity index (χ1v) is 10.2. The highest BCUT2D eigenvalue weighted by atomic mass is 19.1. The van der Waals surface area contributed by atoms with Crippen molar-refractivity contribution in [2.75, 3.05) is 18.0 Å². The van der Waals surface area contributed by atoms with Gasteiger partial charge in [0.25, 0.3) is 11.8 Å². The summed E-state index contributed by atoms with van der Waals surface area (Å²) in [7, 11) is 0. The van der Waals surface area contributed by atoms with Crippen molar-refractivity contribution in [3.8, 4) is 0 Å². The molecular weight excluding hydrogens is 367 g/mol. The van der Waals surface area contributed by atoms with E-state index in [1.165, 1.54) is 17.0 Å². The minimum Gasteiger partial charge on any atom is -0.366 e. The first-order chi connectivity index (χ1) is 14.0. The Labute approximate surface area is 170 Å². The van der Waals surface area contributed by atoms with Gasteiger partial charge in [0.05, 0.1) is 11.3 Å². The fraction of sp³-hybridized carbons (Fsp3) is 0.333. The Balaban J connectivity index is 1.77. The smallest absolute Gasteiger partial charge is 0.282 e. The molecule has 2 aliphatic rings. The lowest BCUT2D eigenvalue weighted by Crippen LogP contribution is -2.37. The van der Waals surface area contributed by atoms with Crippen LogP contribution in [0.3, 0.4) is 0 Å². The highest BCUT2D eigenvalue weighted by Gasteiger charge is 2.42. The fourth-order valence-electron chi connectivity index (χ4n) is 4.05. The maximum atomic E-state index is 13.5. The van der Waals surface area contributed by atoms with Crippen LogP contribution in [-0.4, -0.2) is 29.8 Å². The van der Waals surface area contributed by atoms with Gasteiger partial charge < -0.3 is 4.90 Å². The number of amides is 2. The zero-order valence-electron chi connectivity index (χ0n) is 16.8. The molecule has 0 N–H and O–H groups in total. The van der Waals surface area contributed by atoms with Crippen molar-refractivity contribution >= 4 is 23.1 Å². The second kappa shape index (κ2) is 7.82. The van der Waals surface area contributed by atoms with Gasteiger partial charge in [0.2, 0.25) is 0 Å². The number of rotatable bonds is 4. The van der Waals surface area contributed by atoms with Crippen LogP contribution in [0.5, 0.6) is 0 Å². The van der Waals surface area contributed by atoms with E-state index < -0.39 is 0 Å². The summed E-state index contributed by atoms with van der Waals surface area (Å²) >= 11 is 0. The Morgan fingerprint density at radius 3 is 2.03 bits per heavy atom. The van der Waals surface area contributed by atoms with Gasteiger partial charge in [-0.05, 0) is 60.6 Å². The standard InChI is InChI=1S/C24H25FN2O2/c1-16(2)17-8-12-20(13-9-17)27-23(28)21(18-6-10-19(25)11-7-18)22(24(27)29)26-14-4-3-5-15-26/h6-13,16H,3-5,14-15H2,1-2H3. The molecule has 0 atom stereocenters. The Morgan fingerprint density at radius 1 is 0.828 bits per heavy atom. The van der Waals surface area contributed by atoms with E-state index in [0.29, 0.717) is 28.4 Å². The normalized spacial score (nSPS) is 17.7. The highest BCUT2D eigenvalue weighted by molar-refractivity contribution is 6.45. The predicted octanol–water partition coefficient (Wildman–Crippen LogP) is 4.72. The Morgan fingerprint density at radius 2 is 1.45 bits per heavy atom. The number of piperidine rings is 1. The lowest BCUT2D eigenvalue weighted by Gasteiger charge is -2.29. The van der Waals surface area contributed by atoms with E-state index in [-0.39, 0.29) is 17.6 Å². The van der Waals surface area contributed by atoms with Crippen molar-refractivity contribution in [2.45, 2.75) is 39.0 Å². The molecular formula is C24H25FN2O2. The average Bonchev–Trinajstić information content (AvgIpc) is 2.99. The van der Waals surface area contributed by atoms with Crippen molar-refractivity contribution in [2.24, 2.45) is 0 Å². The van der Waals surface area contributed by atoms with E-state index in [2.05, 4.69) is 13.8 Å². The molecule has 2 amide bonds. The number of carbonyl (C=O) groups excluding carboxylic acids is 2. The molecule has 0 saturated carbocycles. The molecule has 2 aromatic carbocycles. The van der Waals surface area contributed by atoms with E-state index in [1.807, 2.05) is 29.2 Å². The van der Waals surface area contributed by atoms with E-state index in [9.17, 15) is 14.0 Å². The maximum Gasteiger partial charge on any atom is 0.282 e. The molecule has 29 heavy (non-hydrogen) atoms. The molecule has 0 aromatic heterocycles. The second-order valence-electron chi connectivity index (χ2n) is 7.97. The quantitative estimate of drug-likeness (QED) is 0.707. The van der Waals surface area contributed by atoms with Crippen LogP contribution >= 0.6 is 0 Å². The molecule has 4 nitrogen and oxygen atoms in total. The predicted molar refractivity (Wildman–Crippen MR) is 112 cm³/mol. The molecule has 4 rings (SSSR count). The second-order valence-corrected chi connectivity index (χ2v) is 7.97. The van der Waals surface area contributed by atoms with Crippen LogP contribution in [0, 0.1) is 5.82 Å². The maximum absolute atomic E-state index is 13.5. The van der Waals surface area contributed by atoms with Gasteiger partial charge >= 0.3 is 0 Å². The number of hydrogen-bond donors (Lipinski definition) is 0. The van der Waals surface area contributed by atoms with E-state index in [1.54, 1.807) is 12.1 Å². The van der Waals surface area contributed by atoms with Gasteiger partial charge in [-0.2, -0.15) is 0 Å². The molecule has 0 bridgehead atoms. The molecule has 5 heteroatoms. The summed E-state index contributed by atoms with van der Waals surface area (Å²) in [5, 5.41) is 0. The minimum atomic E-state index is -0.369. The van der Waals surface area contributed by atoms with Crippen molar-refractivity contribution < 1.29 is 14.0 Å². The Hall–Kier alpha value is -2.95. The van der Waals surface area contributed by atoms with Crippen LogP contribution in [0.15, 0.2) is 54.2 Å². The van der Waals surface area contributed by atoms with Gasteiger partial charge in [0, 0.05) is 13.1 Å². The third kappa shape index (κ3) is 3.57. The number of halogens is 1. The monoisotopic (exact) mass is 392 g/mol. The van der Waals surface area contributed by atoms with Gasteiger partial charge in [0.15, 0.2) is 0 Å². The van der Waals surface area contributed by atoms with Crippen molar-refractivity contribution in [3.63, 3.8) is 0 Å². The summed E-state index contributed by atoms with van der Waals surface area (Å²) in [5.74, 6) is -0.648. The lowest BCUT2D eigenvalue weighted by molar-refractivity contribution is -0.120. The van der Waals surface area contributed by atoms with Crippen LogP contribution in [-0.2, 0) is 9.59 Å². The van der Waals surface area contributed by atoms with E-state index in [4.69, 9.17) is 0 Å². The minimum absolute atomic E-state index is 0.298. The third-order valence-electron chi connectivity index (χ3n) is 5.68. The first kappa shape index (κ1) is 19.4. The summed E-state index contributed by atoms with van der Waals surface area (Å²) < 4.78 is 13.5. The zero-order valence-corrected chi connectivity index (χ0v) is 16.8. The topological polar surface area (TPSA) is 40.6 Å². The van der Waals surface area contributed by atoms with Crippen LogP contribution in [0.2, 0.25) is 0 Å². The van der Waals surface area contributed by atoms with Gasteiger partial charge in [-0.15, -0.1) is 0 Å². The Kier molecular flexibility index (Phi) is 5.22. The van der Waals surface area contributed by atoms with Crippen LogP contribution in [0.1, 0.15) is 50.2 Å². The lowest BCUT2D eigenvalue weighted by atomic mass is 10.0. The van der Waals surface area contributed by atoms with Gasteiger partial charge in [-0.3, -0.25) is 9.59 Å². The number of carbonyl (C=O) groups is 2. The molecule has 0 spiro atoms. The number of likely N-dealkylation sites (tertiary alicyclic amines) is 1. The molecule has 1 fully saturated rings. The number of imide groups is 1. The van der Waals surface area contributed by atoms with E-state index in [0.717, 1.165) is 37.9 Å². The number of anilines is 1. The van der Waals surface area contributed by atoms with Crippen molar-refractivity contribution in [1.29, 1.82) is 0 Å². The molecule has 150 valence electrons. The number of nitrogens with zero attached hydrogens (tertiary/aromatic N) is 2. The summed E-state index contributed by atoms with van der Waals surface area (Å²) in [6.07, 6.45) is 3.10. The van der Waals surface area contributed by atoms with Crippen molar-refractivity contribution in [1.82, 2.24) is 4.90 Å². The molecule has 0 aliphatic carbocycles. The summed E-state index contributed by atoms with van der Waals surface area (Å²) in [5.41, 5.74) is 3.09. The zero-order chi connectivity index (χ0) is 20.5. The van der Waals surface area contributed by atoms with Crippen molar-refractivity contribution in [3.05, 3.63) is 71.2 Å². The average molecular weight is 392 g/mol. The molecule has 2 aliphatic heterocycles. The van der Waals surface area contributed by atoms with Gasteiger partial charge in [-0.25, -0.2) is 9.29 Å². The summed E-state index contributed by atoms with van der Waals surface area (Å²) in [6, 6.07) is 13.4. The SMILES string of the molecule is CC(C)c1ccc(N2C(=O)C(c3ccc(F)cc3)=C(N3CCCCC3)C2=O)cc1. The summed E-state index contributed by atoms with van der Waals surface area (Å²) in [6.45, 7) is 5.70. The molecule has 0 unspecified atom stereocenters. The first-order valence-electron chi connectivity index (χ1n) is 10.2. The molecule has 1 saturated heterocycles. The largest absolute Gasteiger partial charge is 0.366 e. The number of hydrogen-bond acceptors (Lipinski definition) is 3. The molecule has 2 aromatic rings. The van der Waals surface area contributed by atoms with Gasteiger partial charge in [-0.1, -0.05) is 38.1 Å².